The van der Waals surface area contributed by atoms with Gasteiger partial charge in [-0.1, -0.05) is 0 Å². The summed E-state index contributed by atoms with van der Waals surface area (Å²) in [6.45, 7) is 2.48. The summed E-state index contributed by atoms with van der Waals surface area (Å²) >= 11 is 0. The molecule has 0 radical (unpaired) electrons. The largest absolute Gasteiger partial charge is 0.401 e. The number of hydrogen-bond acceptors (Lipinski definition) is 2. The quantitative estimate of drug-likeness (QED) is 0.725. The monoisotopic (exact) mass is 222 g/mol. The number of rotatable bonds is 1. The number of hydrogen-bond donors (Lipinski definition) is 1. The first-order valence-corrected chi connectivity index (χ1v) is 5.49. The molecule has 0 saturated carbocycles. The van der Waals surface area contributed by atoms with Crippen molar-refractivity contribution in [3.8, 4) is 0 Å². The number of nitrogens with zero attached hydrogens (tertiary/aromatic N) is 1. The molecule has 2 heterocycles. The Labute approximate surface area is 87.8 Å². The van der Waals surface area contributed by atoms with Crippen molar-refractivity contribution in [2.75, 3.05) is 32.7 Å². The van der Waals surface area contributed by atoms with Gasteiger partial charge in [-0.25, -0.2) is 0 Å². The molecular formula is C10H17F3N2. The molecule has 2 saturated heterocycles. The molecule has 2 aliphatic heterocycles. The second kappa shape index (κ2) is 3.94. The lowest BCUT2D eigenvalue weighted by Crippen LogP contribution is -2.44. The third-order valence-electron chi connectivity index (χ3n) is 3.65. The van der Waals surface area contributed by atoms with Crippen LogP contribution in [0.4, 0.5) is 13.2 Å². The lowest BCUT2D eigenvalue weighted by molar-refractivity contribution is -0.150. The van der Waals surface area contributed by atoms with E-state index in [0.29, 0.717) is 18.5 Å². The Hall–Kier alpha value is -0.290. The van der Waals surface area contributed by atoms with Gasteiger partial charge in [0, 0.05) is 6.54 Å². The summed E-state index contributed by atoms with van der Waals surface area (Å²) < 4.78 is 36.5. The van der Waals surface area contributed by atoms with Crippen LogP contribution in [0.5, 0.6) is 0 Å². The van der Waals surface area contributed by atoms with Gasteiger partial charge in [0.1, 0.15) is 0 Å². The maximum absolute atomic E-state index is 12.2. The van der Waals surface area contributed by atoms with Crippen LogP contribution in [-0.4, -0.2) is 43.8 Å². The summed E-state index contributed by atoms with van der Waals surface area (Å²) in [6.07, 6.45) is -1.09. The molecule has 0 bridgehead atoms. The Bertz CT molecular complexity index is 211. The summed E-state index contributed by atoms with van der Waals surface area (Å²) in [5.41, 5.74) is 0.308. The molecule has 0 aromatic carbocycles. The Morgan fingerprint density at radius 3 is 2.27 bits per heavy atom. The summed E-state index contributed by atoms with van der Waals surface area (Å²) in [6, 6.07) is 0. The van der Waals surface area contributed by atoms with E-state index in [1.54, 1.807) is 0 Å². The normalized spacial score (nSPS) is 27.4. The van der Waals surface area contributed by atoms with Crippen LogP contribution in [0.3, 0.4) is 0 Å². The molecule has 1 spiro atoms. The van der Waals surface area contributed by atoms with Gasteiger partial charge in [-0.2, -0.15) is 13.2 Å². The van der Waals surface area contributed by atoms with E-state index in [9.17, 15) is 13.2 Å². The van der Waals surface area contributed by atoms with E-state index < -0.39 is 12.7 Å². The summed E-state index contributed by atoms with van der Waals surface area (Å²) in [4.78, 5) is 1.53. The average molecular weight is 222 g/mol. The molecule has 0 aliphatic carbocycles. The Balaban J connectivity index is 1.81. The van der Waals surface area contributed by atoms with Crippen LogP contribution in [0, 0.1) is 5.41 Å². The smallest absolute Gasteiger partial charge is 0.316 e. The Morgan fingerprint density at radius 1 is 1.13 bits per heavy atom. The van der Waals surface area contributed by atoms with E-state index in [1.807, 2.05) is 0 Å². The molecule has 2 nitrogen and oxygen atoms in total. The van der Waals surface area contributed by atoms with E-state index >= 15 is 0 Å². The molecule has 15 heavy (non-hydrogen) atoms. The zero-order valence-electron chi connectivity index (χ0n) is 8.74. The van der Waals surface area contributed by atoms with Gasteiger partial charge in [0.25, 0.3) is 0 Å². The number of halogens is 3. The van der Waals surface area contributed by atoms with Crippen molar-refractivity contribution < 1.29 is 13.2 Å². The lowest BCUT2D eigenvalue weighted by Gasteiger charge is -2.39. The van der Waals surface area contributed by atoms with E-state index in [0.717, 1.165) is 32.4 Å². The highest BCUT2D eigenvalue weighted by atomic mass is 19.4. The number of alkyl halides is 3. The van der Waals surface area contributed by atoms with Gasteiger partial charge in [-0.3, -0.25) is 4.90 Å². The van der Waals surface area contributed by atoms with E-state index in [2.05, 4.69) is 5.32 Å². The third-order valence-corrected chi connectivity index (χ3v) is 3.65. The van der Waals surface area contributed by atoms with Crippen LogP contribution in [0.2, 0.25) is 0 Å². The minimum absolute atomic E-state index is 0.308. The molecule has 0 atom stereocenters. The first-order valence-electron chi connectivity index (χ1n) is 5.49. The maximum atomic E-state index is 12.2. The topological polar surface area (TPSA) is 15.3 Å². The maximum Gasteiger partial charge on any atom is 0.401 e. The fraction of sp³-hybridized carbons (Fsp3) is 1.00. The van der Waals surface area contributed by atoms with Gasteiger partial charge in [0.05, 0.1) is 6.54 Å². The van der Waals surface area contributed by atoms with Gasteiger partial charge in [-0.05, 0) is 44.3 Å². The number of likely N-dealkylation sites (tertiary alicyclic amines) is 1. The van der Waals surface area contributed by atoms with E-state index in [1.165, 1.54) is 4.90 Å². The summed E-state index contributed by atoms with van der Waals surface area (Å²) in [7, 11) is 0. The van der Waals surface area contributed by atoms with Gasteiger partial charge in [0.2, 0.25) is 0 Å². The van der Waals surface area contributed by atoms with Crippen LogP contribution >= 0.6 is 0 Å². The molecule has 2 aliphatic rings. The van der Waals surface area contributed by atoms with E-state index in [-0.39, 0.29) is 0 Å². The van der Waals surface area contributed by atoms with Crippen molar-refractivity contribution in [3.05, 3.63) is 0 Å². The summed E-state index contributed by atoms with van der Waals surface area (Å²) in [5, 5.41) is 3.31. The van der Waals surface area contributed by atoms with Gasteiger partial charge in [0.15, 0.2) is 0 Å². The highest BCUT2D eigenvalue weighted by Gasteiger charge is 2.39. The van der Waals surface area contributed by atoms with Crippen molar-refractivity contribution in [3.63, 3.8) is 0 Å². The molecule has 1 N–H and O–H groups in total. The minimum atomic E-state index is -4.04. The SMILES string of the molecule is FC(F)(F)CN1CCC2(CCNC2)CC1. The molecule has 0 aromatic rings. The molecule has 88 valence electrons. The van der Waals surface area contributed by atoms with Crippen molar-refractivity contribution in [1.29, 1.82) is 0 Å². The fourth-order valence-corrected chi connectivity index (χ4v) is 2.66. The van der Waals surface area contributed by atoms with Crippen LogP contribution in [-0.2, 0) is 0 Å². The van der Waals surface area contributed by atoms with Crippen LogP contribution in [0.15, 0.2) is 0 Å². The predicted molar refractivity (Wildman–Crippen MR) is 51.6 cm³/mol. The third kappa shape index (κ3) is 2.84. The van der Waals surface area contributed by atoms with Crippen LogP contribution in [0.25, 0.3) is 0 Å². The Morgan fingerprint density at radius 2 is 1.80 bits per heavy atom. The molecule has 2 rings (SSSR count). The first kappa shape index (κ1) is 11.2. The van der Waals surface area contributed by atoms with Crippen LogP contribution < -0.4 is 5.32 Å². The highest BCUT2D eigenvalue weighted by molar-refractivity contribution is 4.92. The fourth-order valence-electron chi connectivity index (χ4n) is 2.66. The molecule has 2 fully saturated rings. The lowest BCUT2D eigenvalue weighted by atomic mass is 9.78. The second-order valence-electron chi connectivity index (χ2n) is 4.82. The zero-order chi connectivity index (χ0) is 10.9. The van der Waals surface area contributed by atoms with Crippen molar-refractivity contribution in [1.82, 2.24) is 10.2 Å². The molecule has 0 aromatic heterocycles. The second-order valence-corrected chi connectivity index (χ2v) is 4.82. The van der Waals surface area contributed by atoms with E-state index in [4.69, 9.17) is 0 Å². The van der Waals surface area contributed by atoms with Crippen molar-refractivity contribution in [2.45, 2.75) is 25.4 Å². The highest BCUT2D eigenvalue weighted by Crippen LogP contribution is 2.37. The molecule has 0 amide bonds. The average Bonchev–Trinajstić information content (AvgIpc) is 2.56. The minimum Gasteiger partial charge on any atom is -0.316 e. The van der Waals surface area contributed by atoms with Gasteiger partial charge < -0.3 is 5.32 Å². The molecular weight excluding hydrogens is 205 g/mol. The van der Waals surface area contributed by atoms with Gasteiger partial charge in [-0.15, -0.1) is 0 Å². The predicted octanol–water partition coefficient (Wildman–Crippen LogP) is 1.62. The van der Waals surface area contributed by atoms with Crippen molar-refractivity contribution >= 4 is 0 Å². The first-order chi connectivity index (χ1) is 6.99. The molecule has 0 unspecified atom stereocenters. The molecule has 5 heteroatoms. The summed E-state index contributed by atoms with van der Waals surface area (Å²) in [5.74, 6) is 0. The number of nitrogens with one attached hydrogen (secondary N) is 1. The standard InChI is InChI=1S/C10H17F3N2/c11-10(12,13)8-15-5-2-9(3-6-15)1-4-14-7-9/h14H,1-8H2. The van der Waals surface area contributed by atoms with Gasteiger partial charge >= 0.3 is 6.18 Å². The number of piperidine rings is 1. The van der Waals surface area contributed by atoms with Crippen LogP contribution in [0.1, 0.15) is 19.3 Å². The Kier molecular flexibility index (Phi) is 2.94. The van der Waals surface area contributed by atoms with Crippen molar-refractivity contribution in [2.24, 2.45) is 5.41 Å². The zero-order valence-corrected chi connectivity index (χ0v) is 8.74.